The van der Waals surface area contributed by atoms with Crippen molar-refractivity contribution in [2.24, 2.45) is 11.7 Å². The number of halogens is 2. The van der Waals surface area contributed by atoms with Crippen LogP contribution in [0.4, 0.5) is 11.4 Å². The Balaban J connectivity index is 0.00000242. The summed E-state index contributed by atoms with van der Waals surface area (Å²) < 4.78 is 0. The van der Waals surface area contributed by atoms with Crippen molar-refractivity contribution in [1.29, 1.82) is 0 Å². The smallest absolute Gasteiger partial charge is 0.271 e. The Bertz CT molecular complexity index is 537. The summed E-state index contributed by atoms with van der Waals surface area (Å²) in [5.41, 5.74) is 6.43. The first-order valence-electron chi connectivity index (χ1n) is 7.01. The first kappa shape index (κ1) is 21.4. The van der Waals surface area contributed by atoms with E-state index in [0.717, 1.165) is 5.69 Å². The van der Waals surface area contributed by atoms with Gasteiger partial charge in [-0.15, -0.1) is 24.8 Å². The van der Waals surface area contributed by atoms with Crippen molar-refractivity contribution in [2.45, 2.75) is 6.92 Å². The molecule has 23 heavy (non-hydrogen) atoms. The first-order valence-corrected chi connectivity index (χ1v) is 7.01. The molecule has 0 bridgehead atoms. The molecule has 0 saturated carbocycles. The van der Waals surface area contributed by atoms with Gasteiger partial charge in [-0.1, -0.05) is 13.0 Å². The van der Waals surface area contributed by atoms with Crippen molar-refractivity contribution >= 4 is 42.1 Å². The van der Waals surface area contributed by atoms with Gasteiger partial charge in [-0.25, -0.2) is 0 Å². The summed E-state index contributed by atoms with van der Waals surface area (Å²) in [6, 6.07) is 6.58. The lowest BCUT2D eigenvalue weighted by Gasteiger charge is -2.37. The van der Waals surface area contributed by atoms with Gasteiger partial charge in [0.15, 0.2) is 0 Å². The zero-order valence-electron chi connectivity index (χ0n) is 12.9. The topological polar surface area (TPSA) is 92.7 Å². The molecular weight excluding hydrogens is 343 g/mol. The molecule has 1 heterocycles. The fourth-order valence-electron chi connectivity index (χ4n) is 2.40. The predicted octanol–water partition coefficient (Wildman–Crippen LogP) is 1.68. The van der Waals surface area contributed by atoms with Crippen LogP contribution in [0.25, 0.3) is 0 Å². The second-order valence-corrected chi connectivity index (χ2v) is 5.23. The molecule has 1 unspecified atom stereocenters. The number of nitro benzene ring substituents is 1. The molecule has 1 atom stereocenters. The Labute approximate surface area is 147 Å². The van der Waals surface area contributed by atoms with Gasteiger partial charge in [-0.05, 0) is 6.07 Å². The third kappa shape index (κ3) is 5.23. The lowest BCUT2D eigenvalue weighted by molar-refractivity contribution is -0.384. The Morgan fingerprint density at radius 2 is 1.91 bits per heavy atom. The van der Waals surface area contributed by atoms with E-state index >= 15 is 0 Å². The van der Waals surface area contributed by atoms with Gasteiger partial charge in [0.2, 0.25) is 5.91 Å². The number of hydrogen-bond acceptors (Lipinski definition) is 5. The van der Waals surface area contributed by atoms with Crippen molar-refractivity contribution in [1.82, 2.24) is 4.90 Å². The molecule has 1 saturated heterocycles. The fourth-order valence-corrected chi connectivity index (χ4v) is 2.40. The van der Waals surface area contributed by atoms with Gasteiger partial charge in [0.25, 0.3) is 5.69 Å². The highest BCUT2D eigenvalue weighted by atomic mass is 35.5. The molecule has 1 fully saturated rings. The molecule has 0 spiro atoms. The molecule has 1 aromatic rings. The SMILES string of the molecule is CC(CN)C(=O)N1CCN(c2cccc([N+](=O)[O-])c2)CC1.Cl.Cl. The van der Waals surface area contributed by atoms with E-state index in [1.165, 1.54) is 6.07 Å². The number of rotatable bonds is 4. The highest BCUT2D eigenvalue weighted by Crippen LogP contribution is 2.22. The van der Waals surface area contributed by atoms with E-state index < -0.39 is 4.92 Å². The van der Waals surface area contributed by atoms with Crippen LogP contribution in [0.2, 0.25) is 0 Å². The van der Waals surface area contributed by atoms with Gasteiger partial charge in [-0.3, -0.25) is 14.9 Å². The highest BCUT2D eigenvalue weighted by molar-refractivity contribution is 5.85. The number of nitro groups is 1. The Morgan fingerprint density at radius 3 is 2.43 bits per heavy atom. The summed E-state index contributed by atoms with van der Waals surface area (Å²) in [5, 5.41) is 10.8. The van der Waals surface area contributed by atoms with Crippen LogP contribution >= 0.6 is 24.8 Å². The molecule has 1 amide bonds. The molecule has 130 valence electrons. The van der Waals surface area contributed by atoms with Gasteiger partial charge in [-0.2, -0.15) is 0 Å². The summed E-state index contributed by atoms with van der Waals surface area (Å²) in [7, 11) is 0. The average molecular weight is 365 g/mol. The summed E-state index contributed by atoms with van der Waals surface area (Å²) in [6.45, 7) is 4.76. The first-order chi connectivity index (χ1) is 10.0. The number of anilines is 1. The van der Waals surface area contributed by atoms with Crippen LogP contribution < -0.4 is 10.6 Å². The maximum absolute atomic E-state index is 12.1. The van der Waals surface area contributed by atoms with Crippen LogP contribution in [0.3, 0.4) is 0 Å². The molecule has 9 heteroatoms. The van der Waals surface area contributed by atoms with Crippen molar-refractivity contribution in [3.63, 3.8) is 0 Å². The fraction of sp³-hybridized carbons (Fsp3) is 0.500. The van der Waals surface area contributed by atoms with Gasteiger partial charge in [0.1, 0.15) is 0 Å². The van der Waals surface area contributed by atoms with E-state index in [4.69, 9.17) is 5.73 Å². The third-order valence-electron chi connectivity index (χ3n) is 3.77. The minimum atomic E-state index is -0.397. The Hall–Kier alpha value is -1.57. The van der Waals surface area contributed by atoms with Crippen molar-refractivity contribution in [3.8, 4) is 0 Å². The molecular formula is C14H22Cl2N4O3. The van der Waals surface area contributed by atoms with E-state index in [1.807, 2.05) is 17.9 Å². The highest BCUT2D eigenvalue weighted by Gasteiger charge is 2.24. The number of carbonyl (C=O) groups excluding carboxylic acids is 1. The van der Waals surface area contributed by atoms with E-state index in [0.29, 0.717) is 32.7 Å². The number of benzene rings is 1. The molecule has 0 radical (unpaired) electrons. The van der Waals surface area contributed by atoms with Crippen LogP contribution in [0, 0.1) is 16.0 Å². The molecule has 1 aliphatic heterocycles. The Kier molecular flexibility index (Phi) is 8.89. The summed E-state index contributed by atoms with van der Waals surface area (Å²) in [5.74, 6) is -0.0782. The standard InChI is InChI=1S/C14H20N4O3.2ClH/c1-11(10-15)14(19)17-7-5-16(6-8-17)12-3-2-4-13(9-12)18(20)21;;/h2-4,9,11H,5-8,10,15H2,1H3;2*1H. The second-order valence-electron chi connectivity index (χ2n) is 5.23. The second kappa shape index (κ2) is 9.54. The third-order valence-corrected chi connectivity index (χ3v) is 3.77. The van der Waals surface area contributed by atoms with Gasteiger partial charge in [0.05, 0.1) is 4.92 Å². The number of amides is 1. The summed E-state index contributed by atoms with van der Waals surface area (Å²) in [4.78, 5) is 26.3. The monoisotopic (exact) mass is 364 g/mol. The maximum atomic E-state index is 12.1. The molecule has 1 aliphatic rings. The number of piperazine rings is 1. The van der Waals surface area contributed by atoms with E-state index in [1.54, 1.807) is 12.1 Å². The maximum Gasteiger partial charge on any atom is 0.271 e. The minimum absolute atomic E-state index is 0. The molecule has 0 aromatic heterocycles. The summed E-state index contributed by atoms with van der Waals surface area (Å²) >= 11 is 0. The number of nitrogens with zero attached hydrogens (tertiary/aromatic N) is 3. The quantitative estimate of drug-likeness (QED) is 0.647. The lowest BCUT2D eigenvalue weighted by Crippen LogP contribution is -2.50. The number of non-ortho nitro benzene ring substituents is 1. The molecule has 0 aliphatic carbocycles. The lowest BCUT2D eigenvalue weighted by atomic mass is 10.1. The van der Waals surface area contributed by atoms with E-state index in [2.05, 4.69) is 4.90 Å². The van der Waals surface area contributed by atoms with Gasteiger partial charge in [0, 0.05) is 56.5 Å². The van der Waals surface area contributed by atoms with Crippen molar-refractivity contribution < 1.29 is 9.72 Å². The summed E-state index contributed by atoms with van der Waals surface area (Å²) in [6.07, 6.45) is 0. The normalized spacial score (nSPS) is 15.2. The number of nitrogens with two attached hydrogens (primary N) is 1. The molecule has 2 N–H and O–H groups in total. The number of hydrogen-bond donors (Lipinski definition) is 1. The van der Waals surface area contributed by atoms with Gasteiger partial charge < -0.3 is 15.5 Å². The minimum Gasteiger partial charge on any atom is -0.368 e. The van der Waals surface area contributed by atoms with Crippen LogP contribution in [0.5, 0.6) is 0 Å². The number of carbonyl (C=O) groups is 1. The molecule has 7 nitrogen and oxygen atoms in total. The van der Waals surface area contributed by atoms with Crippen molar-refractivity contribution in [3.05, 3.63) is 34.4 Å². The zero-order valence-corrected chi connectivity index (χ0v) is 14.5. The van der Waals surface area contributed by atoms with Crippen LogP contribution in [0.15, 0.2) is 24.3 Å². The average Bonchev–Trinajstić information content (AvgIpc) is 2.53. The van der Waals surface area contributed by atoms with Crippen LogP contribution in [0.1, 0.15) is 6.92 Å². The predicted molar refractivity (Wildman–Crippen MR) is 94.6 cm³/mol. The van der Waals surface area contributed by atoms with E-state index in [9.17, 15) is 14.9 Å². The zero-order chi connectivity index (χ0) is 15.4. The van der Waals surface area contributed by atoms with Crippen molar-refractivity contribution in [2.75, 3.05) is 37.6 Å². The van der Waals surface area contributed by atoms with Gasteiger partial charge >= 0.3 is 0 Å². The van der Waals surface area contributed by atoms with Crippen LogP contribution in [-0.2, 0) is 4.79 Å². The van der Waals surface area contributed by atoms with E-state index in [-0.39, 0.29) is 42.3 Å². The molecule has 1 aromatic carbocycles. The van der Waals surface area contributed by atoms with Crippen LogP contribution in [-0.4, -0.2) is 48.5 Å². The Morgan fingerprint density at radius 1 is 1.30 bits per heavy atom. The molecule has 2 rings (SSSR count). The largest absolute Gasteiger partial charge is 0.368 e.